The highest BCUT2D eigenvalue weighted by atomic mass is 16.7. The summed E-state index contributed by atoms with van der Waals surface area (Å²) < 4.78 is 16.1. The van der Waals surface area contributed by atoms with Gasteiger partial charge in [-0.05, 0) is 97.2 Å². The average Bonchev–Trinajstić information content (AvgIpc) is 3.62. The van der Waals surface area contributed by atoms with E-state index in [4.69, 9.17) is 9.31 Å². The first-order valence-corrected chi connectivity index (χ1v) is 17.0. The van der Waals surface area contributed by atoms with Crippen LogP contribution >= 0.6 is 0 Å². The largest absolute Gasteiger partial charge is 0.495 e. The number of hydrogen-bond acceptors (Lipinski definition) is 2. The summed E-state index contributed by atoms with van der Waals surface area (Å²) in [6, 6.07) is 47.0. The van der Waals surface area contributed by atoms with Crippen LogP contribution < -0.4 is 5.46 Å². The maximum absolute atomic E-state index is 6.80. The average molecular weight is 622 g/mol. The van der Waals surface area contributed by atoms with Crippen molar-refractivity contribution in [2.45, 2.75) is 51.2 Å². The van der Waals surface area contributed by atoms with E-state index in [1.807, 2.05) is 0 Å². The number of aromatic nitrogens is 1. The Bertz CT molecular complexity index is 2470. The monoisotopic (exact) mass is 621 g/mol. The van der Waals surface area contributed by atoms with Gasteiger partial charge in [-0.3, -0.25) is 0 Å². The lowest BCUT2D eigenvalue weighted by molar-refractivity contribution is 0.00578. The van der Waals surface area contributed by atoms with Crippen LogP contribution in [0.2, 0.25) is 0 Å². The zero-order valence-electron chi connectivity index (χ0n) is 28.0. The Labute approximate surface area is 281 Å². The van der Waals surface area contributed by atoms with E-state index < -0.39 is 18.3 Å². The van der Waals surface area contributed by atoms with Crippen molar-refractivity contribution < 1.29 is 9.31 Å². The lowest BCUT2D eigenvalue weighted by atomic mass is 9.69. The van der Waals surface area contributed by atoms with Crippen molar-refractivity contribution in [3.8, 4) is 39.1 Å². The van der Waals surface area contributed by atoms with E-state index in [9.17, 15) is 0 Å². The van der Waals surface area contributed by atoms with E-state index in [0.717, 1.165) is 5.46 Å². The van der Waals surface area contributed by atoms with Crippen LogP contribution in [-0.2, 0) is 14.7 Å². The van der Waals surface area contributed by atoms with Gasteiger partial charge in [-0.15, -0.1) is 0 Å². The van der Waals surface area contributed by atoms with E-state index in [2.05, 4.69) is 167 Å². The molecule has 232 valence electrons. The molecular formula is C44H36BNO2. The Morgan fingerprint density at radius 2 is 1.21 bits per heavy atom. The number of benzene rings is 6. The third-order valence-corrected chi connectivity index (χ3v) is 11.9. The van der Waals surface area contributed by atoms with E-state index in [1.54, 1.807) is 0 Å². The zero-order chi connectivity index (χ0) is 32.6. The second kappa shape index (κ2) is 9.38. The number of rotatable bonds is 3. The molecule has 0 N–H and O–H groups in total. The topological polar surface area (TPSA) is 23.4 Å². The second-order valence-electron chi connectivity index (χ2n) is 14.9. The molecule has 0 spiro atoms. The number of para-hydroxylation sites is 2. The van der Waals surface area contributed by atoms with Crippen LogP contribution in [-0.4, -0.2) is 22.9 Å². The van der Waals surface area contributed by atoms with Gasteiger partial charge >= 0.3 is 7.12 Å². The van der Waals surface area contributed by atoms with Crippen LogP contribution in [0.3, 0.4) is 0 Å². The van der Waals surface area contributed by atoms with E-state index >= 15 is 0 Å². The molecule has 0 saturated carbocycles. The molecule has 0 amide bonds. The molecule has 4 heteroatoms. The van der Waals surface area contributed by atoms with Gasteiger partial charge in [0.1, 0.15) is 0 Å². The van der Waals surface area contributed by atoms with E-state index in [0.29, 0.717) is 0 Å². The highest BCUT2D eigenvalue weighted by Gasteiger charge is 2.54. The predicted molar refractivity (Wildman–Crippen MR) is 198 cm³/mol. The minimum Gasteiger partial charge on any atom is -0.399 e. The fourth-order valence-electron chi connectivity index (χ4n) is 8.71. The number of hydrogen-bond donors (Lipinski definition) is 0. The summed E-state index contributed by atoms with van der Waals surface area (Å²) in [5.74, 6) is 0. The molecule has 1 aromatic heterocycles. The first-order valence-electron chi connectivity index (χ1n) is 17.0. The van der Waals surface area contributed by atoms with Gasteiger partial charge in [0.2, 0.25) is 0 Å². The molecule has 1 unspecified atom stereocenters. The van der Waals surface area contributed by atoms with Gasteiger partial charge in [0.15, 0.2) is 0 Å². The molecule has 7 aromatic rings. The first-order chi connectivity index (χ1) is 23.2. The standard InChI is InChI=1S/C44H36BNO2/c1-42(2)43(3,4)48-45(47-42)35-25-24-33-39-38(35)32-19-10-12-21-37(32)46-36-20-11-9-18-30(36)31-22-23-34(40(39)41(31)46)44(33,5)29-17-13-16-28(26-29)27-14-7-6-8-15-27/h6-26H,1-5H3. The first kappa shape index (κ1) is 28.1. The molecule has 3 heterocycles. The smallest absolute Gasteiger partial charge is 0.399 e. The summed E-state index contributed by atoms with van der Waals surface area (Å²) in [7, 11) is -0.492. The maximum Gasteiger partial charge on any atom is 0.495 e. The van der Waals surface area contributed by atoms with Crippen molar-refractivity contribution in [1.82, 2.24) is 4.57 Å². The Morgan fingerprint density at radius 1 is 0.542 bits per heavy atom. The van der Waals surface area contributed by atoms with Crippen molar-refractivity contribution in [1.29, 1.82) is 0 Å². The molecule has 48 heavy (non-hydrogen) atoms. The van der Waals surface area contributed by atoms with Gasteiger partial charge in [-0.1, -0.05) is 109 Å². The second-order valence-corrected chi connectivity index (χ2v) is 14.9. The SMILES string of the molecule is CC1(c2cccc(-c3ccccc3)c2)c2ccc(B3OC(C)(C)C(C)(C)O3)c3c2-c2c1ccc1c4ccccc4n(c21)-c1ccccc1-3. The molecule has 1 atom stereocenters. The summed E-state index contributed by atoms with van der Waals surface area (Å²) in [5, 5.41) is 2.55. The third kappa shape index (κ3) is 3.47. The fourth-order valence-corrected chi connectivity index (χ4v) is 8.71. The Morgan fingerprint density at radius 3 is 2.02 bits per heavy atom. The Kier molecular flexibility index (Phi) is 5.50. The molecule has 6 aromatic carbocycles. The highest BCUT2D eigenvalue weighted by Crippen LogP contribution is 2.60. The van der Waals surface area contributed by atoms with Crippen LogP contribution in [0.15, 0.2) is 127 Å². The summed E-state index contributed by atoms with van der Waals surface area (Å²) >= 11 is 0. The molecule has 3 nitrogen and oxygen atoms in total. The van der Waals surface area contributed by atoms with Crippen molar-refractivity contribution in [2.24, 2.45) is 0 Å². The molecule has 1 aliphatic carbocycles. The molecule has 10 rings (SSSR count). The Balaban J connectivity index is 1.35. The molecule has 0 bridgehead atoms. The van der Waals surface area contributed by atoms with Gasteiger partial charge in [-0.25, -0.2) is 0 Å². The summed E-state index contributed by atoms with van der Waals surface area (Å²) in [6.45, 7) is 11.0. The van der Waals surface area contributed by atoms with Gasteiger partial charge in [0, 0.05) is 27.3 Å². The van der Waals surface area contributed by atoms with Crippen LogP contribution in [0.1, 0.15) is 51.3 Å². The Hall–Kier alpha value is -4.90. The maximum atomic E-state index is 6.80. The summed E-state index contributed by atoms with van der Waals surface area (Å²) in [5.41, 5.74) is 14.9. The van der Waals surface area contributed by atoms with Crippen molar-refractivity contribution in [2.75, 3.05) is 0 Å². The minimum absolute atomic E-state index is 0.388. The normalized spacial score (nSPS) is 19.6. The molecule has 0 radical (unpaired) electrons. The van der Waals surface area contributed by atoms with E-state index in [1.165, 1.54) is 77.6 Å². The molecule has 1 saturated heterocycles. The van der Waals surface area contributed by atoms with Crippen molar-refractivity contribution in [3.63, 3.8) is 0 Å². The van der Waals surface area contributed by atoms with Crippen LogP contribution in [0.4, 0.5) is 0 Å². The number of nitrogens with zero attached hydrogens (tertiary/aromatic N) is 1. The van der Waals surface area contributed by atoms with Crippen LogP contribution in [0.25, 0.3) is 60.9 Å². The molecule has 1 fully saturated rings. The van der Waals surface area contributed by atoms with Crippen LogP contribution in [0.5, 0.6) is 0 Å². The lowest BCUT2D eigenvalue weighted by Gasteiger charge is -2.32. The van der Waals surface area contributed by atoms with E-state index in [-0.39, 0.29) is 5.41 Å². The third-order valence-electron chi connectivity index (χ3n) is 11.9. The lowest BCUT2D eigenvalue weighted by Crippen LogP contribution is -2.41. The molecule has 3 aliphatic rings. The fraction of sp³-hybridized carbons (Fsp3) is 0.182. The zero-order valence-corrected chi connectivity index (χ0v) is 28.0. The quantitative estimate of drug-likeness (QED) is 0.183. The van der Waals surface area contributed by atoms with Gasteiger partial charge < -0.3 is 13.9 Å². The number of fused-ring (bicyclic) bond motifs is 6. The van der Waals surface area contributed by atoms with Crippen molar-refractivity contribution >= 4 is 34.4 Å². The van der Waals surface area contributed by atoms with Crippen LogP contribution in [0, 0.1) is 0 Å². The van der Waals surface area contributed by atoms with Gasteiger partial charge in [0.05, 0.1) is 27.9 Å². The predicted octanol–water partition coefficient (Wildman–Crippen LogP) is 10.1. The van der Waals surface area contributed by atoms with Gasteiger partial charge in [-0.2, -0.15) is 0 Å². The highest BCUT2D eigenvalue weighted by molar-refractivity contribution is 6.64. The molecule has 2 aliphatic heterocycles. The molecular weight excluding hydrogens is 585 g/mol. The minimum atomic E-state index is -0.492. The summed E-state index contributed by atoms with van der Waals surface area (Å²) in [4.78, 5) is 0. The van der Waals surface area contributed by atoms with Crippen molar-refractivity contribution in [3.05, 3.63) is 144 Å². The summed E-state index contributed by atoms with van der Waals surface area (Å²) in [6.07, 6.45) is 0. The van der Waals surface area contributed by atoms with Gasteiger partial charge in [0.25, 0.3) is 0 Å².